The highest BCUT2D eigenvalue weighted by atomic mass is 32.2. The Labute approximate surface area is 108 Å². The first kappa shape index (κ1) is 14.9. The number of methoxy groups -OCH3 is 1. The number of nitrogens with one attached hydrogen (secondary N) is 1. The molecule has 0 saturated heterocycles. The molecule has 0 heterocycles. The van der Waals surface area contributed by atoms with Gasteiger partial charge in [0.1, 0.15) is 4.90 Å². The average molecular weight is 272 g/mol. The number of unbranched alkanes of at least 4 members (excludes halogenated alkanes) is 2. The van der Waals surface area contributed by atoms with E-state index in [1.807, 2.05) is 0 Å². The number of para-hydroxylation sites is 1. The van der Waals surface area contributed by atoms with Crippen molar-refractivity contribution in [2.24, 2.45) is 5.14 Å². The Morgan fingerprint density at radius 1 is 1.22 bits per heavy atom. The quantitative estimate of drug-likeness (QED) is 0.704. The summed E-state index contributed by atoms with van der Waals surface area (Å²) in [7, 11) is -1.99. The lowest BCUT2D eigenvalue weighted by molar-refractivity contribution is 0.192. The van der Waals surface area contributed by atoms with Crippen LogP contribution in [0.25, 0.3) is 0 Å². The first-order valence-electron chi connectivity index (χ1n) is 5.90. The normalized spacial score (nSPS) is 11.4. The van der Waals surface area contributed by atoms with Gasteiger partial charge in [-0.05, 0) is 31.4 Å². The van der Waals surface area contributed by atoms with Crippen molar-refractivity contribution in [3.05, 3.63) is 24.3 Å². The summed E-state index contributed by atoms with van der Waals surface area (Å²) in [4.78, 5) is 0.141. The molecule has 1 aromatic rings. The molecule has 0 bridgehead atoms. The van der Waals surface area contributed by atoms with Crippen molar-refractivity contribution >= 4 is 15.7 Å². The molecule has 0 aromatic heterocycles. The van der Waals surface area contributed by atoms with E-state index in [-0.39, 0.29) is 4.90 Å². The summed E-state index contributed by atoms with van der Waals surface area (Å²) in [5.74, 6) is 0. The van der Waals surface area contributed by atoms with Crippen molar-refractivity contribution in [1.82, 2.24) is 0 Å². The van der Waals surface area contributed by atoms with Crippen molar-refractivity contribution in [2.45, 2.75) is 24.2 Å². The van der Waals surface area contributed by atoms with Gasteiger partial charge in [-0.25, -0.2) is 13.6 Å². The summed E-state index contributed by atoms with van der Waals surface area (Å²) < 4.78 is 27.7. The maximum atomic E-state index is 11.3. The van der Waals surface area contributed by atoms with Crippen LogP contribution in [-0.4, -0.2) is 28.7 Å². The third-order valence-corrected chi connectivity index (χ3v) is 3.50. The van der Waals surface area contributed by atoms with Gasteiger partial charge in [0.05, 0.1) is 5.69 Å². The molecule has 0 aliphatic rings. The Bertz CT molecular complexity index is 460. The largest absolute Gasteiger partial charge is 0.385 e. The van der Waals surface area contributed by atoms with Crippen LogP contribution >= 0.6 is 0 Å². The fourth-order valence-electron chi connectivity index (χ4n) is 1.63. The number of rotatable bonds is 8. The van der Waals surface area contributed by atoms with E-state index in [2.05, 4.69) is 5.32 Å². The molecule has 0 saturated carbocycles. The maximum absolute atomic E-state index is 11.3. The number of hydrogen-bond acceptors (Lipinski definition) is 4. The van der Waals surface area contributed by atoms with Crippen LogP contribution in [0.2, 0.25) is 0 Å². The maximum Gasteiger partial charge on any atom is 0.240 e. The third kappa shape index (κ3) is 5.03. The fourth-order valence-corrected chi connectivity index (χ4v) is 2.35. The minimum Gasteiger partial charge on any atom is -0.385 e. The van der Waals surface area contributed by atoms with Gasteiger partial charge in [0.15, 0.2) is 0 Å². The van der Waals surface area contributed by atoms with Gasteiger partial charge >= 0.3 is 0 Å². The number of primary sulfonamides is 1. The van der Waals surface area contributed by atoms with Crippen molar-refractivity contribution in [1.29, 1.82) is 0 Å². The highest BCUT2D eigenvalue weighted by Crippen LogP contribution is 2.19. The van der Waals surface area contributed by atoms with Crippen LogP contribution in [0.1, 0.15) is 19.3 Å². The zero-order chi connectivity index (χ0) is 13.4. The van der Waals surface area contributed by atoms with Crippen LogP contribution in [0.3, 0.4) is 0 Å². The van der Waals surface area contributed by atoms with Crippen molar-refractivity contribution < 1.29 is 13.2 Å². The smallest absolute Gasteiger partial charge is 0.240 e. The molecule has 0 radical (unpaired) electrons. The van der Waals surface area contributed by atoms with Gasteiger partial charge in [0.2, 0.25) is 10.0 Å². The van der Waals surface area contributed by atoms with E-state index in [9.17, 15) is 8.42 Å². The Morgan fingerprint density at radius 2 is 1.94 bits per heavy atom. The minimum absolute atomic E-state index is 0.141. The second kappa shape index (κ2) is 7.35. The molecule has 18 heavy (non-hydrogen) atoms. The topological polar surface area (TPSA) is 81.4 Å². The Hall–Kier alpha value is -1.11. The average Bonchev–Trinajstić information content (AvgIpc) is 2.33. The number of sulfonamides is 1. The lowest BCUT2D eigenvalue weighted by Crippen LogP contribution is -2.15. The predicted molar refractivity (Wildman–Crippen MR) is 72.0 cm³/mol. The lowest BCUT2D eigenvalue weighted by Gasteiger charge is -2.10. The molecule has 0 amide bonds. The SMILES string of the molecule is COCCCCCNc1ccccc1S(N)(=O)=O. The van der Waals surface area contributed by atoms with Gasteiger partial charge in [0, 0.05) is 20.3 Å². The third-order valence-electron chi connectivity index (χ3n) is 2.53. The van der Waals surface area contributed by atoms with Gasteiger partial charge in [-0.1, -0.05) is 12.1 Å². The van der Waals surface area contributed by atoms with E-state index in [4.69, 9.17) is 9.88 Å². The molecule has 1 rings (SSSR count). The lowest BCUT2D eigenvalue weighted by atomic mass is 10.2. The van der Waals surface area contributed by atoms with E-state index in [1.54, 1.807) is 25.3 Å². The van der Waals surface area contributed by atoms with Crippen LogP contribution < -0.4 is 10.5 Å². The molecule has 1 aromatic carbocycles. The summed E-state index contributed by atoms with van der Waals surface area (Å²) in [6.45, 7) is 1.48. The van der Waals surface area contributed by atoms with E-state index >= 15 is 0 Å². The first-order chi connectivity index (χ1) is 8.55. The van der Waals surface area contributed by atoms with Crippen LogP contribution in [0, 0.1) is 0 Å². The summed E-state index contributed by atoms with van der Waals surface area (Å²) in [5.41, 5.74) is 0.562. The van der Waals surface area contributed by atoms with E-state index in [1.165, 1.54) is 6.07 Å². The number of anilines is 1. The second-order valence-corrected chi connectivity index (χ2v) is 5.55. The number of ether oxygens (including phenoxy) is 1. The predicted octanol–water partition coefficient (Wildman–Crippen LogP) is 1.56. The van der Waals surface area contributed by atoms with Crippen LogP contribution in [-0.2, 0) is 14.8 Å². The summed E-state index contributed by atoms with van der Waals surface area (Å²) in [6, 6.07) is 6.66. The number of nitrogens with two attached hydrogens (primary N) is 1. The highest BCUT2D eigenvalue weighted by molar-refractivity contribution is 7.89. The Kier molecular flexibility index (Phi) is 6.11. The van der Waals surface area contributed by atoms with E-state index in [0.717, 1.165) is 32.4 Å². The summed E-state index contributed by atoms with van der Waals surface area (Å²) >= 11 is 0. The van der Waals surface area contributed by atoms with Gasteiger partial charge in [-0.3, -0.25) is 0 Å². The number of hydrogen-bond donors (Lipinski definition) is 2. The zero-order valence-corrected chi connectivity index (χ0v) is 11.4. The Balaban J connectivity index is 2.48. The fraction of sp³-hybridized carbons (Fsp3) is 0.500. The number of benzene rings is 1. The Morgan fingerprint density at radius 3 is 2.61 bits per heavy atom. The van der Waals surface area contributed by atoms with Crippen LogP contribution in [0.4, 0.5) is 5.69 Å². The molecule has 0 aliphatic carbocycles. The van der Waals surface area contributed by atoms with Gasteiger partial charge in [0.25, 0.3) is 0 Å². The minimum atomic E-state index is -3.67. The van der Waals surface area contributed by atoms with Gasteiger partial charge in [-0.15, -0.1) is 0 Å². The molecule has 0 spiro atoms. The summed E-state index contributed by atoms with van der Waals surface area (Å²) in [6.07, 6.45) is 3.01. The molecule has 102 valence electrons. The van der Waals surface area contributed by atoms with Crippen LogP contribution in [0.5, 0.6) is 0 Å². The molecule has 3 N–H and O–H groups in total. The molecular weight excluding hydrogens is 252 g/mol. The molecule has 0 fully saturated rings. The van der Waals surface area contributed by atoms with E-state index < -0.39 is 10.0 Å². The molecule has 0 atom stereocenters. The molecule has 0 unspecified atom stereocenters. The molecule has 5 nitrogen and oxygen atoms in total. The van der Waals surface area contributed by atoms with Crippen LogP contribution in [0.15, 0.2) is 29.2 Å². The van der Waals surface area contributed by atoms with Crippen molar-refractivity contribution in [3.8, 4) is 0 Å². The summed E-state index contributed by atoms with van der Waals surface area (Å²) in [5, 5.41) is 8.24. The second-order valence-electron chi connectivity index (χ2n) is 4.02. The van der Waals surface area contributed by atoms with Gasteiger partial charge in [-0.2, -0.15) is 0 Å². The van der Waals surface area contributed by atoms with Gasteiger partial charge < -0.3 is 10.1 Å². The van der Waals surface area contributed by atoms with Crippen molar-refractivity contribution in [2.75, 3.05) is 25.6 Å². The molecule has 6 heteroatoms. The monoisotopic (exact) mass is 272 g/mol. The first-order valence-corrected chi connectivity index (χ1v) is 7.45. The van der Waals surface area contributed by atoms with E-state index in [0.29, 0.717) is 5.69 Å². The molecule has 0 aliphatic heterocycles. The highest BCUT2D eigenvalue weighted by Gasteiger charge is 2.12. The zero-order valence-electron chi connectivity index (χ0n) is 10.6. The van der Waals surface area contributed by atoms with Crippen molar-refractivity contribution in [3.63, 3.8) is 0 Å². The molecular formula is C12H20N2O3S. The standard InChI is InChI=1S/C12H20N2O3S/c1-17-10-6-2-5-9-14-11-7-3-4-8-12(11)18(13,15)16/h3-4,7-8,14H,2,5-6,9-10H2,1H3,(H2,13,15,16).